The quantitative estimate of drug-likeness (QED) is 0.874. The Morgan fingerprint density at radius 3 is 2.70 bits per heavy atom. The fourth-order valence-corrected chi connectivity index (χ4v) is 3.35. The fourth-order valence-electron chi connectivity index (χ4n) is 3.35. The largest absolute Gasteiger partial charge is 0.399 e. The molecule has 23 heavy (non-hydrogen) atoms. The Morgan fingerprint density at radius 1 is 1.17 bits per heavy atom. The van der Waals surface area contributed by atoms with Gasteiger partial charge in [-0.2, -0.15) is 0 Å². The van der Waals surface area contributed by atoms with Crippen molar-refractivity contribution in [1.29, 1.82) is 0 Å². The number of nitrogen functional groups attached to an aromatic ring is 1. The zero-order valence-corrected chi connectivity index (χ0v) is 13.7. The maximum Gasteiger partial charge on any atom is 0.253 e. The molecule has 0 spiro atoms. The van der Waals surface area contributed by atoms with Gasteiger partial charge in [-0.05, 0) is 48.4 Å². The third-order valence-corrected chi connectivity index (χ3v) is 4.84. The van der Waals surface area contributed by atoms with Crippen LogP contribution in [-0.2, 0) is 6.42 Å². The molecule has 1 heterocycles. The maximum atomic E-state index is 12.6. The number of aryl methyl sites for hydroxylation is 1. The van der Waals surface area contributed by atoms with Gasteiger partial charge in [0.15, 0.2) is 0 Å². The number of amides is 1. The molecule has 1 amide bonds. The summed E-state index contributed by atoms with van der Waals surface area (Å²) in [6.45, 7) is 3.95. The van der Waals surface area contributed by atoms with Crippen LogP contribution in [0.25, 0.3) is 0 Å². The molecule has 3 heteroatoms. The van der Waals surface area contributed by atoms with Gasteiger partial charge in [0.1, 0.15) is 0 Å². The Hall–Kier alpha value is -2.29. The highest BCUT2D eigenvalue weighted by Gasteiger charge is 2.35. The predicted molar refractivity (Wildman–Crippen MR) is 94.2 cm³/mol. The molecule has 2 aromatic carbocycles. The lowest BCUT2D eigenvalue weighted by Gasteiger charge is -2.25. The van der Waals surface area contributed by atoms with Crippen molar-refractivity contribution in [2.45, 2.75) is 26.2 Å². The fraction of sp³-hybridized carbons (Fsp3) is 0.350. The van der Waals surface area contributed by atoms with Crippen LogP contribution < -0.4 is 5.73 Å². The lowest BCUT2D eigenvalue weighted by atomic mass is 9.83. The Balaban J connectivity index is 1.62. The van der Waals surface area contributed by atoms with Crippen LogP contribution in [-0.4, -0.2) is 23.9 Å². The van der Waals surface area contributed by atoms with E-state index in [1.54, 1.807) is 6.07 Å². The van der Waals surface area contributed by atoms with E-state index in [0.717, 1.165) is 32.4 Å². The average molecular weight is 308 g/mol. The standard InChI is InChI=1S/C20H24N2O/c1-20(11-10-16-6-3-2-4-7-16)12-13-22(15-20)19(23)17-8-5-9-18(21)14-17/h2-9,14H,10-13,15,21H2,1H3. The first-order valence-electron chi connectivity index (χ1n) is 8.25. The Kier molecular flexibility index (Phi) is 4.37. The smallest absolute Gasteiger partial charge is 0.253 e. The van der Waals surface area contributed by atoms with Gasteiger partial charge in [0.05, 0.1) is 0 Å². The van der Waals surface area contributed by atoms with E-state index in [9.17, 15) is 4.79 Å². The van der Waals surface area contributed by atoms with Crippen LogP contribution in [0, 0.1) is 5.41 Å². The molecule has 3 nitrogen and oxygen atoms in total. The average Bonchev–Trinajstić information content (AvgIpc) is 2.96. The molecule has 0 bridgehead atoms. The zero-order chi connectivity index (χ0) is 16.3. The number of carbonyl (C=O) groups is 1. The number of benzene rings is 2. The molecule has 0 saturated carbocycles. The summed E-state index contributed by atoms with van der Waals surface area (Å²) in [5.74, 6) is 0.0979. The Morgan fingerprint density at radius 2 is 1.96 bits per heavy atom. The van der Waals surface area contributed by atoms with Gasteiger partial charge in [-0.1, -0.05) is 43.3 Å². The second-order valence-corrected chi connectivity index (χ2v) is 6.90. The van der Waals surface area contributed by atoms with E-state index < -0.39 is 0 Å². The molecule has 1 aliphatic heterocycles. The zero-order valence-electron chi connectivity index (χ0n) is 13.7. The van der Waals surface area contributed by atoms with E-state index in [2.05, 4.69) is 31.2 Å². The number of nitrogens with zero attached hydrogens (tertiary/aromatic N) is 1. The predicted octanol–water partition coefficient (Wildman–Crippen LogP) is 3.75. The highest BCUT2D eigenvalue weighted by Crippen LogP contribution is 2.35. The Bertz CT molecular complexity index is 683. The third-order valence-electron chi connectivity index (χ3n) is 4.84. The SMILES string of the molecule is CC1(CCc2ccccc2)CCN(C(=O)c2cccc(N)c2)C1. The highest BCUT2D eigenvalue weighted by atomic mass is 16.2. The molecule has 0 aromatic heterocycles. The van der Waals surface area contributed by atoms with Gasteiger partial charge in [0.25, 0.3) is 5.91 Å². The summed E-state index contributed by atoms with van der Waals surface area (Å²) in [6.07, 6.45) is 3.24. The van der Waals surface area contributed by atoms with Crippen LogP contribution in [0.15, 0.2) is 54.6 Å². The lowest BCUT2D eigenvalue weighted by molar-refractivity contribution is 0.0774. The van der Waals surface area contributed by atoms with Crippen molar-refractivity contribution < 1.29 is 4.79 Å². The first kappa shape index (κ1) is 15.6. The van der Waals surface area contributed by atoms with E-state index in [1.165, 1.54) is 5.56 Å². The second-order valence-electron chi connectivity index (χ2n) is 6.90. The molecule has 2 aromatic rings. The molecule has 1 aliphatic rings. The van der Waals surface area contributed by atoms with E-state index >= 15 is 0 Å². The molecule has 0 radical (unpaired) electrons. The van der Waals surface area contributed by atoms with Crippen molar-refractivity contribution in [3.8, 4) is 0 Å². The minimum Gasteiger partial charge on any atom is -0.399 e. The van der Waals surface area contributed by atoms with Crippen molar-refractivity contribution in [3.63, 3.8) is 0 Å². The molecule has 0 aliphatic carbocycles. The van der Waals surface area contributed by atoms with Crippen LogP contribution in [0.5, 0.6) is 0 Å². The normalized spacial score (nSPS) is 20.7. The Labute approximate surface area is 138 Å². The number of nitrogens with two attached hydrogens (primary N) is 1. The molecular weight excluding hydrogens is 284 g/mol. The number of likely N-dealkylation sites (tertiary alicyclic amines) is 1. The summed E-state index contributed by atoms with van der Waals surface area (Å²) in [5, 5.41) is 0. The lowest BCUT2D eigenvalue weighted by Crippen LogP contribution is -2.31. The van der Waals surface area contributed by atoms with Gasteiger partial charge in [0, 0.05) is 24.3 Å². The van der Waals surface area contributed by atoms with Crippen molar-refractivity contribution in [2.75, 3.05) is 18.8 Å². The first-order valence-corrected chi connectivity index (χ1v) is 8.25. The van der Waals surface area contributed by atoms with E-state index in [4.69, 9.17) is 5.73 Å². The van der Waals surface area contributed by atoms with Crippen molar-refractivity contribution in [1.82, 2.24) is 4.90 Å². The summed E-state index contributed by atoms with van der Waals surface area (Å²) in [5.41, 5.74) is 8.69. The molecular formula is C20H24N2O. The van der Waals surface area contributed by atoms with E-state index in [0.29, 0.717) is 11.3 Å². The topological polar surface area (TPSA) is 46.3 Å². The minimum atomic E-state index is 0.0979. The summed E-state index contributed by atoms with van der Waals surface area (Å²) >= 11 is 0. The molecule has 1 fully saturated rings. The second kappa shape index (κ2) is 6.45. The third kappa shape index (κ3) is 3.73. The van der Waals surface area contributed by atoms with Gasteiger partial charge in [-0.25, -0.2) is 0 Å². The number of anilines is 1. The minimum absolute atomic E-state index is 0.0979. The van der Waals surface area contributed by atoms with Gasteiger partial charge < -0.3 is 10.6 Å². The molecule has 1 atom stereocenters. The highest BCUT2D eigenvalue weighted by molar-refractivity contribution is 5.95. The van der Waals surface area contributed by atoms with Crippen LogP contribution in [0.1, 0.15) is 35.7 Å². The molecule has 120 valence electrons. The van der Waals surface area contributed by atoms with Gasteiger partial charge in [-0.3, -0.25) is 4.79 Å². The van der Waals surface area contributed by atoms with Gasteiger partial charge in [-0.15, -0.1) is 0 Å². The molecule has 3 rings (SSSR count). The number of carbonyl (C=O) groups excluding carboxylic acids is 1. The van der Waals surface area contributed by atoms with Crippen LogP contribution in [0.3, 0.4) is 0 Å². The van der Waals surface area contributed by atoms with Crippen LogP contribution >= 0.6 is 0 Å². The summed E-state index contributed by atoms with van der Waals surface area (Å²) in [6, 6.07) is 17.8. The molecule has 1 saturated heterocycles. The van der Waals surface area contributed by atoms with Gasteiger partial charge >= 0.3 is 0 Å². The summed E-state index contributed by atoms with van der Waals surface area (Å²) in [4.78, 5) is 14.6. The summed E-state index contributed by atoms with van der Waals surface area (Å²) < 4.78 is 0. The number of rotatable bonds is 4. The van der Waals surface area contributed by atoms with E-state index in [1.807, 2.05) is 29.2 Å². The van der Waals surface area contributed by atoms with Crippen molar-refractivity contribution >= 4 is 11.6 Å². The maximum absolute atomic E-state index is 12.6. The molecule has 2 N–H and O–H groups in total. The van der Waals surface area contributed by atoms with Crippen molar-refractivity contribution in [3.05, 3.63) is 65.7 Å². The van der Waals surface area contributed by atoms with Crippen LogP contribution in [0.4, 0.5) is 5.69 Å². The summed E-state index contributed by atoms with van der Waals surface area (Å²) in [7, 11) is 0. The first-order chi connectivity index (χ1) is 11.1. The van der Waals surface area contributed by atoms with E-state index in [-0.39, 0.29) is 11.3 Å². The number of hydrogen-bond donors (Lipinski definition) is 1. The van der Waals surface area contributed by atoms with Crippen LogP contribution in [0.2, 0.25) is 0 Å². The molecule has 1 unspecified atom stereocenters. The number of hydrogen-bond acceptors (Lipinski definition) is 2. The monoisotopic (exact) mass is 308 g/mol. The van der Waals surface area contributed by atoms with Crippen molar-refractivity contribution in [2.24, 2.45) is 5.41 Å². The van der Waals surface area contributed by atoms with Gasteiger partial charge in [0.2, 0.25) is 0 Å².